The van der Waals surface area contributed by atoms with E-state index in [-0.39, 0.29) is 17.0 Å². The number of ether oxygens (including phenoxy) is 1. The van der Waals surface area contributed by atoms with E-state index in [0.29, 0.717) is 23.3 Å². The third kappa shape index (κ3) is 3.73. The van der Waals surface area contributed by atoms with E-state index in [9.17, 15) is 17.6 Å². The molecule has 0 saturated carbocycles. The van der Waals surface area contributed by atoms with Gasteiger partial charge in [-0.2, -0.15) is 13.2 Å². The van der Waals surface area contributed by atoms with Crippen LogP contribution in [0.3, 0.4) is 0 Å². The number of fused-ring (bicyclic) bond motifs is 1. The minimum atomic E-state index is -4.64. The lowest BCUT2D eigenvalue weighted by Gasteiger charge is -2.07. The van der Waals surface area contributed by atoms with Gasteiger partial charge in [0.15, 0.2) is 5.82 Å². The van der Waals surface area contributed by atoms with Gasteiger partial charge in [-0.1, -0.05) is 0 Å². The van der Waals surface area contributed by atoms with Gasteiger partial charge in [0.1, 0.15) is 17.0 Å². The molecule has 2 heterocycles. The first-order chi connectivity index (χ1) is 13.4. The predicted molar refractivity (Wildman–Crippen MR) is 95.1 cm³/mol. The van der Waals surface area contributed by atoms with Crippen LogP contribution in [0.5, 0.6) is 11.5 Å². The van der Waals surface area contributed by atoms with E-state index in [4.69, 9.17) is 4.74 Å². The van der Waals surface area contributed by atoms with Crippen molar-refractivity contribution in [3.05, 3.63) is 72.3 Å². The molecule has 2 aromatic heterocycles. The van der Waals surface area contributed by atoms with Crippen LogP contribution in [-0.2, 0) is 6.18 Å². The summed E-state index contributed by atoms with van der Waals surface area (Å²) in [6, 6.07) is 11.5. The first kappa shape index (κ1) is 17.8. The van der Waals surface area contributed by atoms with Gasteiger partial charge in [0.2, 0.25) is 5.95 Å². The predicted octanol–water partition coefficient (Wildman–Crippen LogP) is 5.65. The molecule has 2 aromatic carbocycles. The molecule has 9 heteroatoms. The van der Waals surface area contributed by atoms with E-state index in [0.717, 1.165) is 6.07 Å². The third-order valence-corrected chi connectivity index (χ3v) is 3.87. The molecule has 0 unspecified atom stereocenters. The summed E-state index contributed by atoms with van der Waals surface area (Å²) in [7, 11) is 0. The normalized spacial score (nSPS) is 11.6. The Balaban J connectivity index is 1.54. The number of anilines is 2. The van der Waals surface area contributed by atoms with Crippen LogP contribution in [0.2, 0.25) is 0 Å². The molecule has 5 nitrogen and oxygen atoms in total. The largest absolute Gasteiger partial charge is 0.457 e. The number of H-pyrrole nitrogens is 1. The highest BCUT2D eigenvalue weighted by molar-refractivity contribution is 5.80. The number of hydrogen-bond donors (Lipinski definition) is 2. The second kappa shape index (κ2) is 6.84. The number of hydrogen-bond acceptors (Lipinski definition) is 4. The van der Waals surface area contributed by atoms with E-state index in [1.807, 2.05) is 0 Å². The minimum Gasteiger partial charge on any atom is -0.457 e. The van der Waals surface area contributed by atoms with Gasteiger partial charge in [0.25, 0.3) is 0 Å². The maximum Gasteiger partial charge on any atom is 0.416 e. The number of benzene rings is 2. The summed E-state index contributed by atoms with van der Waals surface area (Å²) >= 11 is 0. The topological polar surface area (TPSA) is 62.8 Å². The van der Waals surface area contributed by atoms with Crippen LogP contribution in [0.25, 0.3) is 11.0 Å². The van der Waals surface area contributed by atoms with Gasteiger partial charge in [0.05, 0.1) is 11.1 Å². The molecule has 0 saturated heterocycles. The highest BCUT2D eigenvalue weighted by Crippen LogP contribution is 2.33. The smallest absolute Gasteiger partial charge is 0.416 e. The van der Waals surface area contributed by atoms with Crippen molar-refractivity contribution in [1.82, 2.24) is 15.0 Å². The van der Waals surface area contributed by atoms with Crippen LogP contribution in [0.1, 0.15) is 5.56 Å². The fraction of sp³-hybridized carbons (Fsp3) is 0.0526. The van der Waals surface area contributed by atoms with Crippen LogP contribution in [0, 0.1) is 5.82 Å². The fourth-order valence-electron chi connectivity index (χ4n) is 2.58. The van der Waals surface area contributed by atoms with Crippen LogP contribution in [-0.4, -0.2) is 15.0 Å². The van der Waals surface area contributed by atoms with Gasteiger partial charge < -0.3 is 15.0 Å². The van der Waals surface area contributed by atoms with E-state index in [2.05, 4.69) is 20.3 Å². The Morgan fingerprint density at radius 2 is 1.61 bits per heavy atom. The number of imidazole rings is 1. The fourth-order valence-corrected chi connectivity index (χ4v) is 2.58. The van der Waals surface area contributed by atoms with Crippen molar-refractivity contribution in [1.29, 1.82) is 0 Å². The van der Waals surface area contributed by atoms with E-state index in [1.54, 1.807) is 48.8 Å². The summed E-state index contributed by atoms with van der Waals surface area (Å²) in [5.74, 6) is 0.289. The van der Waals surface area contributed by atoms with Crippen molar-refractivity contribution in [3.8, 4) is 11.5 Å². The molecule has 0 fully saturated rings. The van der Waals surface area contributed by atoms with Gasteiger partial charge in [-0.15, -0.1) is 0 Å². The quantitative estimate of drug-likeness (QED) is 0.444. The molecule has 2 N–H and O–H groups in total. The Labute approximate surface area is 156 Å². The van der Waals surface area contributed by atoms with Gasteiger partial charge in [-0.3, -0.25) is 4.98 Å². The minimum absolute atomic E-state index is 0.0486. The number of nitrogens with one attached hydrogen (secondary N) is 2. The zero-order valence-corrected chi connectivity index (χ0v) is 14.1. The number of aromatic amines is 1. The summed E-state index contributed by atoms with van der Waals surface area (Å²) in [6.07, 6.45) is -1.43. The van der Waals surface area contributed by atoms with Gasteiger partial charge in [-0.25, -0.2) is 9.37 Å². The van der Waals surface area contributed by atoms with Crippen LogP contribution >= 0.6 is 0 Å². The number of aromatic nitrogens is 3. The maximum atomic E-state index is 14.0. The Bertz CT molecular complexity index is 1110. The average Bonchev–Trinajstić information content (AvgIpc) is 3.07. The SMILES string of the molecule is Fc1cc(C(F)(F)F)cc2[nH]c(Nc3ccc(Oc4ccncc4)cc3)nc12. The first-order valence-corrected chi connectivity index (χ1v) is 8.10. The summed E-state index contributed by atoms with van der Waals surface area (Å²) in [5.41, 5.74) is -0.705. The van der Waals surface area contributed by atoms with Crippen molar-refractivity contribution >= 4 is 22.7 Å². The monoisotopic (exact) mass is 388 g/mol. The van der Waals surface area contributed by atoms with Crippen molar-refractivity contribution in [2.75, 3.05) is 5.32 Å². The molecule has 28 heavy (non-hydrogen) atoms. The summed E-state index contributed by atoms with van der Waals surface area (Å²) in [6.45, 7) is 0. The number of rotatable bonds is 4. The Morgan fingerprint density at radius 3 is 2.29 bits per heavy atom. The summed E-state index contributed by atoms with van der Waals surface area (Å²) < 4.78 is 58.0. The van der Waals surface area contributed by atoms with Crippen LogP contribution in [0.4, 0.5) is 29.2 Å². The second-order valence-electron chi connectivity index (χ2n) is 5.87. The van der Waals surface area contributed by atoms with Gasteiger partial charge in [-0.05, 0) is 48.5 Å². The Hall–Kier alpha value is -3.62. The second-order valence-corrected chi connectivity index (χ2v) is 5.87. The van der Waals surface area contributed by atoms with Crippen molar-refractivity contribution in [2.45, 2.75) is 6.18 Å². The molecule has 0 atom stereocenters. The van der Waals surface area contributed by atoms with Gasteiger partial charge >= 0.3 is 6.18 Å². The maximum absolute atomic E-state index is 14.0. The lowest BCUT2D eigenvalue weighted by atomic mass is 10.2. The van der Waals surface area contributed by atoms with E-state index < -0.39 is 17.6 Å². The van der Waals surface area contributed by atoms with Crippen molar-refractivity contribution in [2.24, 2.45) is 0 Å². The molecule has 4 rings (SSSR count). The number of nitrogens with zero attached hydrogens (tertiary/aromatic N) is 2. The van der Waals surface area contributed by atoms with Crippen molar-refractivity contribution in [3.63, 3.8) is 0 Å². The van der Waals surface area contributed by atoms with Gasteiger partial charge in [0, 0.05) is 18.1 Å². The molecule has 0 spiro atoms. The molecule has 0 radical (unpaired) electrons. The van der Waals surface area contributed by atoms with Crippen molar-refractivity contribution < 1.29 is 22.3 Å². The van der Waals surface area contributed by atoms with E-state index in [1.165, 1.54) is 0 Å². The highest BCUT2D eigenvalue weighted by atomic mass is 19.4. The lowest BCUT2D eigenvalue weighted by Crippen LogP contribution is -2.05. The summed E-state index contributed by atoms with van der Waals surface area (Å²) in [5, 5.41) is 2.89. The Kier molecular flexibility index (Phi) is 4.34. The van der Waals surface area contributed by atoms with Crippen LogP contribution < -0.4 is 10.1 Å². The molecule has 0 aliphatic carbocycles. The Morgan fingerprint density at radius 1 is 0.929 bits per heavy atom. The molecule has 0 aliphatic rings. The molecule has 0 bridgehead atoms. The standard InChI is InChI=1S/C19H12F4N4O/c20-15-9-11(19(21,22)23)10-16-17(15)27-18(26-16)25-12-1-3-13(4-2-12)28-14-5-7-24-8-6-14/h1-10H,(H2,25,26,27). The number of pyridine rings is 1. The summed E-state index contributed by atoms with van der Waals surface area (Å²) in [4.78, 5) is 10.5. The number of halogens is 4. The molecular formula is C19H12F4N4O. The van der Waals surface area contributed by atoms with E-state index >= 15 is 0 Å². The molecule has 142 valence electrons. The van der Waals surface area contributed by atoms with Crippen LogP contribution in [0.15, 0.2) is 60.9 Å². The third-order valence-electron chi connectivity index (χ3n) is 3.87. The highest BCUT2D eigenvalue weighted by Gasteiger charge is 2.32. The first-order valence-electron chi connectivity index (χ1n) is 8.10. The zero-order valence-electron chi connectivity index (χ0n) is 14.1. The average molecular weight is 388 g/mol. The molecule has 0 aliphatic heterocycles. The molecule has 4 aromatic rings. The number of alkyl halides is 3. The molecular weight excluding hydrogens is 376 g/mol. The molecule has 0 amide bonds. The zero-order chi connectivity index (χ0) is 19.7. The lowest BCUT2D eigenvalue weighted by molar-refractivity contribution is -0.137.